The van der Waals surface area contributed by atoms with Crippen LogP contribution in [0.15, 0.2) is 108 Å². The average molecular weight is 618 g/mol. The van der Waals surface area contributed by atoms with Gasteiger partial charge in [0.05, 0.1) is 10.6 Å². The Balaban J connectivity index is 1.79. The Morgan fingerprint density at radius 2 is 1.44 bits per heavy atom. The molecule has 4 aromatic carbocycles. The Morgan fingerprint density at radius 1 is 0.814 bits per heavy atom. The molecule has 0 aliphatic rings. The Morgan fingerprint density at radius 3 is 2.05 bits per heavy atom. The normalized spacial score (nSPS) is 11.9. The van der Waals surface area contributed by atoms with Gasteiger partial charge in [0.2, 0.25) is 11.8 Å². The lowest BCUT2D eigenvalue weighted by molar-refractivity contribution is -0.140. The van der Waals surface area contributed by atoms with Crippen LogP contribution in [-0.2, 0) is 32.6 Å². The van der Waals surface area contributed by atoms with Crippen LogP contribution in [0.1, 0.15) is 29.2 Å². The minimum absolute atomic E-state index is 0.0421. The van der Waals surface area contributed by atoms with Gasteiger partial charge < -0.3 is 10.2 Å². The summed E-state index contributed by atoms with van der Waals surface area (Å²) in [6, 6.07) is 29.1. The number of carbonyl (C=O) groups excluding carboxylic acids is 2. The molecule has 0 saturated heterocycles. The van der Waals surface area contributed by atoms with Gasteiger partial charge in [-0.05, 0) is 62.2 Å². The van der Waals surface area contributed by atoms with E-state index in [1.165, 1.54) is 23.1 Å². The number of nitrogens with one attached hydrogen (secondary N) is 1. The van der Waals surface area contributed by atoms with Crippen molar-refractivity contribution in [1.82, 2.24) is 10.2 Å². The number of hydrogen-bond acceptors (Lipinski definition) is 4. The molecule has 7 nitrogen and oxygen atoms in total. The largest absolute Gasteiger partial charge is 0.355 e. The second-order valence-corrected chi connectivity index (χ2v) is 12.7. The molecule has 0 spiro atoms. The summed E-state index contributed by atoms with van der Waals surface area (Å²) in [5, 5.41) is 3.20. The molecule has 9 heteroatoms. The third-order valence-electron chi connectivity index (χ3n) is 7.08. The van der Waals surface area contributed by atoms with Gasteiger partial charge in [0.1, 0.15) is 12.6 Å². The number of rotatable bonds is 12. The lowest BCUT2D eigenvalue weighted by Gasteiger charge is -2.34. The van der Waals surface area contributed by atoms with Gasteiger partial charge in [0.25, 0.3) is 10.0 Å². The van der Waals surface area contributed by atoms with Crippen molar-refractivity contribution in [2.75, 3.05) is 17.4 Å². The summed E-state index contributed by atoms with van der Waals surface area (Å²) in [5.74, 6) is -0.842. The predicted octanol–water partition coefficient (Wildman–Crippen LogP) is 5.93. The van der Waals surface area contributed by atoms with Crippen LogP contribution in [0.4, 0.5) is 5.69 Å². The number of likely N-dealkylation sites (N-methyl/N-ethyl adjacent to an activating group) is 1. The molecule has 0 unspecified atom stereocenters. The van der Waals surface area contributed by atoms with Crippen molar-refractivity contribution >= 4 is 39.1 Å². The molecule has 0 bridgehead atoms. The standard InChI is InChI=1S/C34H36ClN3O4S/c1-4-36-34(40)32(21-27-9-6-5-7-10-27)37(23-28-17-13-25(2)14-18-28)33(39)24-38(30-12-8-11-29(35)22-30)43(41,42)31-19-15-26(3)16-20-31/h5-20,22,32H,4,21,23-24H2,1-3H3,(H,36,40)/t32-/m1/s1. The minimum atomic E-state index is -4.18. The van der Waals surface area contributed by atoms with E-state index in [1.807, 2.05) is 75.4 Å². The first kappa shape index (κ1) is 31.8. The molecular weight excluding hydrogens is 582 g/mol. The van der Waals surface area contributed by atoms with Crippen LogP contribution in [-0.4, -0.2) is 44.3 Å². The van der Waals surface area contributed by atoms with Crippen molar-refractivity contribution < 1.29 is 18.0 Å². The Bertz CT molecular complexity index is 1640. The van der Waals surface area contributed by atoms with E-state index in [9.17, 15) is 18.0 Å². The molecule has 0 saturated carbocycles. The summed E-state index contributed by atoms with van der Waals surface area (Å²) in [6.07, 6.45) is 0.256. The summed E-state index contributed by atoms with van der Waals surface area (Å²) in [6.45, 7) is 5.62. The van der Waals surface area contributed by atoms with Gasteiger partial charge in [-0.25, -0.2) is 8.42 Å². The van der Waals surface area contributed by atoms with Crippen LogP contribution in [0.3, 0.4) is 0 Å². The maximum atomic E-state index is 14.4. The summed E-state index contributed by atoms with van der Waals surface area (Å²) in [4.78, 5) is 29.4. The van der Waals surface area contributed by atoms with Gasteiger partial charge >= 0.3 is 0 Å². The third kappa shape index (κ3) is 8.24. The fourth-order valence-electron chi connectivity index (χ4n) is 4.73. The van der Waals surface area contributed by atoms with E-state index < -0.39 is 28.5 Å². The van der Waals surface area contributed by atoms with E-state index in [0.29, 0.717) is 11.6 Å². The van der Waals surface area contributed by atoms with E-state index >= 15 is 0 Å². The van der Waals surface area contributed by atoms with Crippen LogP contribution in [0, 0.1) is 13.8 Å². The quantitative estimate of drug-likeness (QED) is 0.214. The molecule has 4 rings (SSSR count). The first-order valence-corrected chi connectivity index (χ1v) is 15.9. The van der Waals surface area contributed by atoms with Crippen molar-refractivity contribution in [3.8, 4) is 0 Å². The summed E-state index contributed by atoms with van der Waals surface area (Å²) >= 11 is 6.27. The molecule has 1 atom stereocenters. The summed E-state index contributed by atoms with van der Waals surface area (Å²) in [7, 11) is -4.18. The van der Waals surface area contributed by atoms with E-state index in [-0.39, 0.29) is 29.5 Å². The summed E-state index contributed by atoms with van der Waals surface area (Å²) in [5.41, 5.74) is 3.90. The maximum absolute atomic E-state index is 14.4. The molecule has 0 aromatic heterocycles. The van der Waals surface area contributed by atoms with Gasteiger partial charge in [-0.15, -0.1) is 0 Å². The first-order chi connectivity index (χ1) is 20.6. The number of aryl methyl sites for hydroxylation is 2. The molecule has 0 radical (unpaired) electrons. The van der Waals surface area contributed by atoms with Crippen LogP contribution in [0.2, 0.25) is 5.02 Å². The maximum Gasteiger partial charge on any atom is 0.264 e. The molecule has 0 aliphatic carbocycles. The predicted molar refractivity (Wildman–Crippen MR) is 172 cm³/mol. The Labute approximate surface area is 259 Å². The van der Waals surface area contributed by atoms with Gasteiger partial charge in [0.15, 0.2) is 0 Å². The number of anilines is 1. The molecule has 0 aliphatic heterocycles. The number of nitrogens with zero attached hydrogens (tertiary/aromatic N) is 2. The van der Waals surface area contributed by atoms with E-state index in [4.69, 9.17) is 11.6 Å². The molecule has 0 fully saturated rings. The van der Waals surface area contributed by atoms with Crippen molar-refractivity contribution in [1.29, 1.82) is 0 Å². The van der Waals surface area contributed by atoms with E-state index in [1.54, 1.807) is 30.3 Å². The second-order valence-electron chi connectivity index (χ2n) is 10.4. The number of amides is 2. The average Bonchev–Trinajstić information content (AvgIpc) is 2.99. The van der Waals surface area contributed by atoms with Gasteiger partial charge in [-0.3, -0.25) is 13.9 Å². The highest BCUT2D eigenvalue weighted by Crippen LogP contribution is 2.27. The highest BCUT2D eigenvalue weighted by molar-refractivity contribution is 7.92. The van der Waals surface area contributed by atoms with Crippen LogP contribution < -0.4 is 9.62 Å². The molecule has 43 heavy (non-hydrogen) atoms. The van der Waals surface area contributed by atoms with Crippen molar-refractivity contribution in [2.45, 2.75) is 44.7 Å². The Hall–Kier alpha value is -4.14. The van der Waals surface area contributed by atoms with Crippen molar-refractivity contribution in [3.63, 3.8) is 0 Å². The third-order valence-corrected chi connectivity index (χ3v) is 9.10. The number of hydrogen-bond donors (Lipinski definition) is 1. The molecule has 224 valence electrons. The van der Waals surface area contributed by atoms with Crippen molar-refractivity contribution in [3.05, 3.63) is 130 Å². The second kappa shape index (κ2) is 14.4. The summed E-state index contributed by atoms with van der Waals surface area (Å²) < 4.78 is 29.1. The highest BCUT2D eigenvalue weighted by atomic mass is 35.5. The van der Waals surface area contributed by atoms with Crippen LogP contribution in [0.5, 0.6) is 0 Å². The molecule has 4 aromatic rings. The van der Waals surface area contributed by atoms with Gasteiger partial charge in [0, 0.05) is 24.5 Å². The topological polar surface area (TPSA) is 86.8 Å². The number of carbonyl (C=O) groups is 2. The zero-order chi connectivity index (χ0) is 31.0. The smallest absolute Gasteiger partial charge is 0.264 e. The molecular formula is C34H36ClN3O4S. The highest BCUT2D eigenvalue weighted by Gasteiger charge is 2.34. The number of sulfonamides is 1. The minimum Gasteiger partial charge on any atom is -0.355 e. The van der Waals surface area contributed by atoms with E-state index in [0.717, 1.165) is 26.6 Å². The molecule has 0 heterocycles. The van der Waals surface area contributed by atoms with Crippen LogP contribution in [0.25, 0.3) is 0 Å². The molecule has 1 N–H and O–H groups in total. The van der Waals surface area contributed by atoms with E-state index in [2.05, 4.69) is 5.32 Å². The first-order valence-electron chi connectivity index (χ1n) is 14.1. The zero-order valence-corrected chi connectivity index (χ0v) is 26.1. The Kier molecular flexibility index (Phi) is 10.6. The van der Waals surface area contributed by atoms with Crippen LogP contribution >= 0.6 is 11.6 Å². The van der Waals surface area contributed by atoms with Gasteiger partial charge in [-0.1, -0.05) is 95.5 Å². The fraction of sp³-hybridized carbons (Fsp3) is 0.235. The number of benzene rings is 4. The lowest BCUT2D eigenvalue weighted by atomic mass is 10.0. The fourth-order valence-corrected chi connectivity index (χ4v) is 6.32. The van der Waals surface area contributed by atoms with Gasteiger partial charge in [-0.2, -0.15) is 0 Å². The SMILES string of the molecule is CCNC(=O)[C@@H](Cc1ccccc1)N(Cc1ccc(C)cc1)C(=O)CN(c1cccc(Cl)c1)S(=O)(=O)c1ccc(C)cc1. The monoisotopic (exact) mass is 617 g/mol. The number of halogens is 1. The van der Waals surface area contributed by atoms with Crippen molar-refractivity contribution in [2.24, 2.45) is 0 Å². The molecule has 2 amide bonds. The lowest BCUT2D eigenvalue weighted by Crippen LogP contribution is -2.53. The zero-order valence-electron chi connectivity index (χ0n) is 24.5.